The molecule has 0 saturated carbocycles. The van der Waals surface area contributed by atoms with Crippen LogP contribution >= 0.6 is 0 Å². The van der Waals surface area contributed by atoms with Gasteiger partial charge in [-0.2, -0.15) is 0 Å². The molecule has 0 N–H and O–H groups in total. The summed E-state index contributed by atoms with van der Waals surface area (Å²) < 4.78 is 10.6. The molecule has 1 nitrogen and oxygen atoms in total. The summed E-state index contributed by atoms with van der Waals surface area (Å²) in [6, 6.07) is 0. The van der Waals surface area contributed by atoms with E-state index in [9.17, 15) is 0 Å². The topological polar surface area (TPSA) is 9.23 Å². The van der Waals surface area contributed by atoms with Gasteiger partial charge in [0.05, 0.1) is 0 Å². The monoisotopic (exact) mass is 350 g/mol. The Morgan fingerprint density at radius 1 is 0.706 bits per heavy atom. The molecule has 0 aromatic carbocycles. The molecule has 0 aliphatic carbocycles. The van der Waals surface area contributed by atoms with Crippen LogP contribution in [0.1, 0.15) is 72.6 Å². The Bertz CT molecular complexity index is 155. The van der Waals surface area contributed by atoms with E-state index >= 15 is 0 Å². The molecular formula is C15H34OSn. The second kappa shape index (κ2) is 11.8. The Labute approximate surface area is 114 Å². The van der Waals surface area contributed by atoms with Gasteiger partial charge in [0.15, 0.2) is 0 Å². The fourth-order valence-corrected chi connectivity index (χ4v) is 11.9. The van der Waals surface area contributed by atoms with E-state index in [-0.39, 0.29) is 0 Å². The van der Waals surface area contributed by atoms with Crippen molar-refractivity contribution in [2.75, 3.05) is 6.61 Å². The summed E-state index contributed by atoms with van der Waals surface area (Å²) in [4.78, 5) is 0. The zero-order chi connectivity index (χ0) is 13.0. The van der Waals surface area contributed by atoms with Gasteiger partial charge in [0, 0.05) is 0 Å². The summed E-state index contributed by atoms with van der Waals surface area (Å²) >= 11 is -2.11. The van der Waals surface area contributed by atoms with Gasteiger partial charge in [-0.05, 0) is 0 Å². The summed E-state index contributed by atoms with van der Waals surface area (Å²) in [5, 5.41) is 0. The molecule has 17 heavy (non-hydrogen) atoms. The Kier molecular flexibility index (Phi) is 12.4. The molecule has 0 amide bonds. The molecule has 0 aliphatic heterocycles. The molecule has 0 bridgehead atoms. The Balaban J connectivity index is 3.75. The van der Waals surface area contributed by atoms with Crippen LogP contribution in [0.5, 0.6) is 0 Å². The standard InChI is InChI=1S/C7H15O.C4H9.2C2H5.Sn/c1-2-3-4-5-6-7-8;1-3-4-2;2*1-2;/h2-7H2,1H3;1,3-4H2,2H3;2*1H2,2H3;/q-1;;;;+1. The molecular weight excluding hydrogens is 315 g/mol. The summed E-state index contributed by atoms with van der Waals surface area (Å²) in [6.07, 6.45) is 9.53. The summed E-state index contributed by atoms with van der Waals surface area (Å²) in [6.45, 7) is 10.4. The molecule has 0 rings (SSSR count). The van der Waals surface area contributed by atoms with Crippen LogP contribution in [0.3, 0.4) is 0 Å². The van der Waals surface area contributed by atoms with E-state index in [2.05, 4.69) is 27.7 Å². The second-order valence-corrected chi connectivity index (χ2v) is 18.3. The molecule has 0 saturated heterocycles. The zero-order valence-electron chi connectivity index (χ0n) is 12.7. The van der Waals surface area contributed by atoms with Crippen molar-refractivity contribution < 1.29 is 3.07 Å². The predicted octanol–water partition coefficient (Wildman–Crippen LogP) is 5.76. The van der Waals surface area contributed by atoms with Gasteiger partial charge in [-0.3, -0.25) is 0 Å². The fourth-order valence-electron chi connectivity index (χ4n) is 2.37. The molecule has 2 heteroatoms. The Morgan fingerprint density at radius 3 is 1.82 bits per heavy atom. The van der Waals surface area contributed by atoms with Crippen molar-refractivity contribution in [3.8, 4) is 0 Å². The van der Waals surface area contributed by atoms with Gasteiger partial charge in [-0.25, -0.2) is 0 Å². The van der Waals surface area contributed by atoms with Crippen molar-refractivity contribution in [3.63, 3.8) is 0 Å². The van der Waals surface area contributed by atoms with Crippen LogP contribution in [0, 0.1) is 0 Å². The van der Waals surface area contributed by atoms with Crippen LogP contribution in [0.25, 0.3) is 0 Å². The van der Waals surface area contributed by atoms with Gasteiger partial charge in [0.2, 0.25) is 0 Å². The zero-order valence-corrected chi connectivity index (χ0v) is 15.5. The quantitative estimate of drug-likeness (QED) is 0.322. The van der Waals surface area contributed by atoms with E-state index in [1.54, 1.807) is 0 Å². The van der Waals surface area contributed by atoms with Crippen LogP contribution in [0.4, 0.5) is 0 Å². The van der Waals surface area contributed by atoms with E-state index in [1.807, 2.05) is 0 Å². The normalized spacial score (nSPS) is 12.0. The maximum absolute atomic E-state index is 6.42. The molecule has 0 radical (unpaired) electrons. The Hall–Kier alpha value is 0.759. The van der Waals surface area contributed by atoms with Crippen LogP contribution in [0.2, 0.25) is 13.3 Å². The van der Waals surface area contributed by atoms with Crippen molar-refractivity contribution in [1.29, 1.82) is 0 Å². The maximum atomic E-state index is 6.42. The SMILES string of the molecule is CCCCCCC[O][Sn]([CH2]C)([CH2]C)[CH2]CCC. The van der Waals surface area contributed by atoms with Gasteiger partial charge in [0.25, 0.3) is 0 Å². The van der Waals surface area contributed by atoms with E-state index in [0.29, 0.717) is 0 Å². The molecule has 0 aromatic rings. The molecule has 0 aromatic heterocycles. The molecule has 0 unspecified atom stereocenters. The molecule has 104 valence electrons. The van der Waals surface area contributed by atoms with Crippen molar-refractivity contribution in [2.45, 2.75) is 86.0 Å². The third-order valence-electron chi connectivity index (χ3n) is 3.93. The molecule has 0 heterocycles. The van der Waals surface area contributed by atoms with E-state index in [0.717, 1.165) is 6.61 Å². The second-order valence-electron chi connectivity index (χ2n) is 5.26. The first-order chi connectivity index (χ1) is 8.24. The number of unbranched alkanes of at least 4 members (excludes halogenated alkanes) is 5. The van der Waals surface area contributed by atoms with Crippen molar-refractivity contribution in [2.24, 2.45) is 0 Å². The van der Waals surface area contributed by atoms with E-state index in [1.165, 1.54) is 58.3 Å². The van der Waals surface area contributed by atoms with Gasteiger partial charge in [-0.1, -0.05) is 0 Å². The van der Waals surface area contributed by atoms with Gasteiger partial charge < -0.3 is 0 Å². The third-order valence-corrected chi connectivity index (χ3v) is 17.2. The number of hydrogen-bond donors (Lipinski definition) is 0. The first-order valence-corrected chi connectivity index (χ1v) is 15.1. The third kappa shape index (κ3) is 8.47. The van der Waals surface area contributed by atoms with Crippen LogP contribution in [-0.2, 0) is 3.07 Å². The number of rotatable bonds is 12. The average Bonchev–Trinajstić information content (AvgIpc) is 2.38. The summed E-state index contributed by atoms with van der Waals surface area (Å²) in [5.41, 5.74) is 0. The van der Waals surface area contributed by atoms with Crippen molar-refractivity contribution in [3.05, 3.63) is 0 Å². The first-order valence-electron chi connectivity index (χ1n) is 7.88. The fraction of sp³-hybridized carbons (Fsp3) is 1.00. The minimum atomic E-state index is -2.11. The van der Waals surface area contributed by atoms with Gasteiger partial charge in [-0.15, -0.1) is 0 Å². The molecule has 0 spiro atoms. The van der Waals surface area contributed by atoms with Crippen LogP contribution in [-0.4, -0.2) is 25.4 Å². The molecule has 0 atom stereocenters. The van der Waals surface area contributed by atoms with Crippen LogP contribution in [0.15, 0.2) is 0 Å². The van der Waals surface area contributed by atoms with Crippen LogP contribution < -0.4 is 0 Å². The van der Waals surface area contributed by atoms with E-state index in [4.69, 9.17) is 3.07 Å². The summed E-state index contributed by atoms with van der Waals surface area (Å²) in [7, 11) is 0. The van der Waals surface area contributed by atoms with Gasteiger partial charge in [0.1, 0.15) is 0 Å². The van der Waals surface area contributed by atoms with E-state index < -0.39 is 18.8 Å². The number of hydrogen-bond acceptors (Lipinski definition) is 1. The minimum absolute atomic E-state index is 1.06. The first kappa shape index (κ1) is 17.8. The van der Waals surface area contributed by atoms with Gasteiger partial charge >= 0.3 is 114 Å². The molecule has 0 aliphatic rings. The molecule has 0 fully saturated rings. The Morgan fingerprint density at radius 2 is 1.29 bits per heavy atom. The van der Waals surface area contributed by atoms with Crippen molar-refractivity contribution >= 4 is 18.8 Å². The summed E-state index contributed by atoms with van der Waals surface area (Å²) in [5.74, 6) is 0. The average molecular weight is 349 g/mol. The predicted molar refractivity (Wildman–Crippen MR) is 81.1 cm³/mol. The van der Waals surface area contributed by atoms with Crippen molar-refractivity contribution in [1.82, 2.24) is 0 Å².